The molecule has 0 fully saturated rings. The largest absolute Gasteiger partial charge is 0.313 e. The van der Waals surface area contributed by atoms with Gasteiger partial charge in [0.25, 0.3) is 0 Å². The summed E-state index contributed by atoms with van der Waals surface area (Å²) in [6.45, 7) is 10.8. The standard InChI is InChI=1S/C13H27N3/c1-5-9-16(12(3)4)10-7-8-13(15,6-2)11-14/h12H,5-10,15H2,1-4H3. The molecule has 0 radical (unpaired) electrons. The Bertz CT molecular complexity index is 220. The van der Waals surface area contributed by atoms with Crippen LogP contribution in [0.1, 0.15) is 53.4 Å². The van der Waals surface area contributed by atoms with Crippen LogP contribution >= 0.6 is 0 Å². The Hall–Kier alpha value is -0.590. The van der Waals surface area contributed by atoms with Crippen molar-refractivity contribution in [1.29, 1.82) is 5.26 Å². The van der Waals surface area contributed by atoms with E-state index in [2.05, 4.69) is 31.7 Å². The van der Waals surface area contributed by atoms with Gasteiger partial charge in [-0.25, -0.2) is 0 Å². The summed E-state index contributed by atoms with van der Waals surface area (Å²) in [5.41, 5.74) is 5.34. The zero-order valence-corrected chi connectivity index (χ0v) is 11.3. The van der Waals surface area contributed by atoms with Crippen molar-refractivity contribution in [2.24, 2.45) is 5.73 Å². The lowest BCUT2D eigenvalue weighted by Crippen LogP contribution is -2.39. The first-order valence-corrected chi connectivity index (χ1v) is 6.43. The van der Waals surface area contributed by atoms with E-state index in [1.807, 2.05) is 6.92 Å². The van der Waals surface area contributed by atoms with Crippen LogP contribution in [0, 0.1) is 11.3 Å². The van der Waals surface area contributed by atoms with E-state index in [1.165, 1.54) is 6.42 Å². The highest BCUT2D eigenvalue weighted by atomic mass is 15.1. The Morgan fingerprint density at radius 1 is 1.31 bits per heavy atom. The molecular formula is C13H27N3. The van der Waals surface area contributed by atoms with E-state index in [1.54, 1.807) is 0 Å². The van der Waals surface area contributed by atoms with Gasteiger partial charge in [0.1, 0.15) is 5.54 Å². The normalized spacial score (nSPS) is 15.1. The lowest BCUT2D eigenvalue weighted by atomic mass is 9.93. The van der Waals surface area contributed by atoms with Gasteiger partial charge in [-0.15, -0.1) is 0 Å². The predicted octanol–water partition coefficient (Wildman–Crippen LogP) is 2.52. The van der Waals surface area contributed by atoms with Crippen molar-refractivity contribution in [3.63, 3.8) is 0 Å². The highest BCUT2D eigenvalue weighted by Crippen LogP contribution is 2.14. The number of hydrogen-bond acceptors (Lipinski definition) is 3. The summed E-state index contributed by atoms with van der Waals surface area (Å²) in [5, 5.41) is 8.97. The molecule has 0 saturated carbocycles. The van der Waals surface area contributed by atoms with E-state index < -0.39 is 5.54 Å². The number of nitrogens with two attached hydrogens (primary N) is 1. The summed E-state index contributed by atoms with van der Waals surface area (Å²) >= 11 is 0. The molecule has 0 aliphatic heterocycles. The summed E-state index contributed by atoms with van der Waals surface area (Å²) < 4.78 is 0. The second-order valence-corrected chi connectivity index (χ2v) is 4.85. The van der Waals surface area contributed by atoms with Crippen LogP contribution in [-0.2, 0) is 0 Å². The summed E-state index contributed by atoms with van der Waals surface area (Å²) in [6.07, 6.45) is 3.72. The Labute approximate surface area is 101 Å². The molecule has 1 atom stereocenters. The van der Waals surface area contributed by atoms with E-state index in [9.17, 15) is 0 Å². The minimum atomic E-state index is -0.616. The fraction of sp³-hybridized carbons (Fsp3) is 0.923. The zero-order chi connectivity index (χ0) is 12.6. The highest BCUT2D eigenvalue weighted by molar-refractivity contribution is 5.03. The smallest absolute Gasteiger partial charge is 0.104 e. The number of rotatable bonds is 8. The van der Waals surface area contributed by atoms with E-state index in [4.69, 9.17) is 11.0 Å². The lowest BCUT2D eigenvalue weighted by Gasteiger charge is -2.27. The number of nitrogens with zero attached hydrogens (tertiary/aromatic N) is 2. The van der Waals surface area contributed by atoms with E-state index in [-0.39, 0.29) is 0 Å². The van der Waals surface area contributed by atoms with Gasteiger partial charge >= 0.3 is 0 Å². The molecule has 16 heavy (non-hydrogen) atoms. The van der Waals surface area contributed by atoms with Gasteiger partial charge in [0, 0.05) is 6.04 Å². The molecule has 0 aliphatic carbocycles. The van der Waals surface area contributed by atoms with E-state index >= 15 is 0 Å². The number of hydrogen-bond donors (Lipinski definition) is 1. The molecule has 1 unspecified atom stereocenters. The predicted molar refractivity (Wildman–Crippen MR) is 69.1 cm³/mol. The molecule has 3 nitrogen and oxygen atoms in total. The molecule has 94 valence electrons. The van der Waals surface area contributed by atoms with Gasteiger partial charge < -0.3 is 10.6 Å². The average Bonchev–Trinajstić information content (AvgIpc) is 2.27. The molecular weight excluding hydrogens is 198 g/mol. The van der Waals surface area contributed by atoms with Crippen molar-refractivity contribution in [3.05, 3.63) is 0 Å². The Morgan fingerprint density at radius 2 is 1.94 bits per heavy atom. The average molecular weight is 225 g/mol. The van der Waals surface area contributed by atoms with Crippen molar-refractivity contribution in [3.8, 4) is 6.07 Å². The maximum absolute atomic E-state index is 8.97. The topological polar surface area (TPSA) is 53.0 Å². The molecule has 0 heterocycles. The molecule has 0 aliphatic rings. The molecule has 0 aromatic rings. The van der Waals surface area contributed by atoms with Crippen molar-refractivity contribution >= 4 is 0 Å². The fourth-order valence-electron chi connectivity index (χ4n) is 1.82. The molecule has 0 rings (SSSR count). The van der Waals surface area contributed by atoms with Gasteiger partial charge in [0.15, 0.2) is 0 Å². The maximum Gasteiger partial charge on any atom is 0.104 e. The Morgan fingerprint density at radius 3 is 2.31 bits per heavy atom. The fourth-order valence-corrected chi connectivity index (χ4v) is 1.82. The first-order chi connectivity index (χ1) is 7.49. The van der Waals surface area contributed by atoms with Crippen LogP contribution in [-0.4, -0.2) is 29.6 Å². The Balaban J connectivity index is 3.99. The van der Waals surface area contributed by atoms with Crippen LogP contribution in [0.5, 0.6) is 0 Å². The molecule has 2 N–H and O–H groups in total. The van der Waals surface area contributed by atoms with Crippen molar-refractivity contribution in [2.45, 2.75) is 65.0 Å². The molecule has 0 saturated heterocycles. The monoisotopic (exact) mass is 225 g/mol. The van der Waals surface area contributed by atoms with Gasteiger partial charge in [-0.3, -0.25) is 0 Å². The van der Waals surface area contributed by atoms with E-state index in [0.29, 0.717) is 6.04 Å². The van der Waals surface area contributed by atoms with Crippen molar-refractivity contribution < 1.29 is 0 Å². The van der Waals surface area contributed by atoms with Crippen LogP contribution in [0.2, 0.25) is 0 Å². The first kappa shape index (κ1) is 15.4. The van der Waals surface area contributed by atoms with Crippen molar-refractivity contribution in [1.82, 2.24) is 4.90 Å². The molecule has 0 bridgehead atoms. The number of nitriles is 1. The van der Waals surface area contributed by atoms with E-state index in [0.717, 1.165) is 32.4 Å². The zero-order valence-electron chi connectivity index (χ0n) is 11.3. The second-order valence-electron chi connectivity index (χ2n) is 4.85. The lowest BCUT2D eigenvalue weighted by molar-refractivity contribution is 0.213. The van der Waals surface area contributed by atoms with Gasteiger partial charge in [0.2, 0.25) is 0 Å². The third-order valence-corrected chi connectivity index (χ3v) is 3.16. The molecule has 3 heteroatoms. The van der Waals surface area contributed by atoms with Gasteiger partial charge in [-0.2, -0.15) is 5.26 Å². The quantitative estimate of drug-likeness (QED) is 0.690. The molecule has 0 aromatic carbocycles. The van der Waals surface area contributed by atoms with Gasteiger partial charge in [-0.1, -0.05) is 13.8 Å². The second kappa shape index (κ2) is 7.65. The summed E-state index contributed by atoms with van der Waals surface area (Å²) in [4.78, 5) is 2.45. The molecule has 0 aromatic heterocycles. The van der Waals surface area contributed by atoms with Crippen LogP contribution < -0.4 is 5.73 Å². The van der Waals surface area contributed by atoms with Crippen LogP contribution in [0.25, 0.3) is 0 Å². The highest BCUT2D eigenvalue weighted by Gasteiger charge is 2.21. The van der Waals surface area contributed by atoms with Gasteiger partial charge in [-0.05, 0) is 52.6 Å². The van der Waals surface area contributed by atoms with Crippen LogP contribution in [0.3, 0.4) is 0 Å². The minimum Gasteiger partial charge on any atom is -0.313 e. The Kier molecular flexibility index (Phi) is 7.36. The minimum absolute atomic E-state index is 0.579. The third-order valence-electron chi connectivity index (χ3n) is 3.16. The summed E-state index contributed by atoms with van der Waals surface area (Å²) in [5.74, 6) is 0. The third kappa shape index (κ3) is 5.48. The molecule has 0 amide bonds. The SMILES string of the molecule is CCCN(CCCC(N)(C#N)CC)C(C)C. The summed E-state index contributed by atoms with van der Waals surface area (Å²) in [6, 6.07) is 2.80. The van der Waals surface area contributed by atoms with Crippen LogP contribution in [0.4, 0.5) is 0 Å². The molecule has 0 spiro atoms. The van der Waals surface area contributed by atoms with Crippen molar-refractivity contribution in [2.75, 3.05) is 13.1 Å². The van der Waals surface area contributed by atoms with Gasteiger partial charge in [0.05, 0.1) is 6.07 Å². The summed E-state index contributed by atoms with van der Waals surface area (Å²) in [7, 11) is 0. The first-order valence-electron chi connectivity index (χ1n) is 6.43. The van der Waals surface area contributed by atoms with Crippen LogP contribution in [0.15, 0.2) is 0 Å². The maximum atomic E-state index is 8.97.